The van der Waals surface area contributed by atoms with Crippen LogP contribution in [0.25, 0.3) is 5.57 Å². The fourth-order valence-corrected chi connectivity index (χ4v) is 4.42. The molecule has 0 saturated carbocycles. The first kappa shape index (κ1) is 15.4. The van der Waals surface area contributed by atoms with Crippen molar-refractivity contribution in [2.24, 2.45) is 17.8 Å². The molecule has 0 heterocycles. The van der Waals surface area contributed by atoms with Crippen LogP contribution in [0.5, 0.6) is 0 Å². The Hall–Kier alpha value is -2.08. The van der Waals surface area contributed by atoms with Gasteiger partial charge in [-0.05, 0) is 60.6 Å². The predicted octanol–water partition coefficient (Wildman–Crippen LogP) is 6.29. The van der Waals surface area contributed by atoms with Crippen LogP contribution >= 0.6 is 0 Å². The zero-order chi connectivity index (χ0) is 16.2. The van der Waals surface area contributed by atoms with Crippen LogP contribution in [-0.2, 0) is 6.42 Å². The molecular weight excluding hydrogens is 288 g/mol. The molecule has 0 N–H and O–H groups in total. The predicted molar refractivity (Wildman–Crippen MR) is 104 cm³/mol. The highest BCUT2D eigenvalue weighted by atomic mass is 14.3. The summed E-state index contributed by atoms with van der Waals surface area (Å²) in [5.41, 5.74) is 4.62. The first-order valence-electron chi connectivity index (χ1n) is 9.40. The molecule has 0 aliphatic heterocycles. The molecule has 0 saturated heterocycles. The van der Waals surface area contributed by atoms with Gasteiger partial charge in [0.2, 0.25) is 0 Å². The zero-order valence-corrected chi connectivity index (χ0v) is 14.3. The highest BCUT2D eigenvalue weighted by molar-refractivity contribution is 5.71. The Balaban J connectivity index is 1.77. The summed E-state index contributed by atoms with van der Waals surface area (Å²) in [4.78, 5) is 0. The fraction of sp³-hybridized carbons (Fsp3) is 0.333. The third kappa shape index (κ3) is 3.11. The van der Waals surface area contributed by atoms with E-state index in [0.717, 1.165) is 6.42 Å². The van der Waals surface area contributed by atoms with E-state index in [0.29, 0.717) is 17.8 Å². The summed E-state index contributed by atoms with van der Waals surface area (Å²) < 4.78 is 0. The molecule has 3 aliphatic rings. The molecule has 0 spiro atoms. The van der Waals surface area contributed by atoms with Crippen molar-refractivity contribution < 1.29 is 0 Å². The molecule has 3 atom stereocenters. The second-order valence-electron chi connectivity index (χ2n) is 7.14. The van der Waals surface area contributed by atoms with E-state index in [4.69, 9.17) is 0 Å². The Labute approximate surface area is 146 Å². The van der Waals surface area contributed by atoms with Gasteiger partial charge in [-0.15, -0.1) is 0 Å². The summed E-state index contributed by atoms with van der Waals surface area (Å²) in [5.74, 6) is 1.65. The van der Waals surface area contributed by atoms with E-state index in [1.54, 1.807) is 5.57 Å². The lowest BCUT2D eigenvalue weighted by atomic mass is 9.70. The van der Waals surface area contributed by atoms with Gasteiger partial charge in [0.15, 0.2) is 0 Å². The van der Waals surface area contributed by atoms with Crippen LogP contribution in [0.1, 0.15) is 36.8 Å². The van der Waals surface area contributed by atoms with Crippen molar-refractivity contribution in [1.29, 1.82) is 0 Å². The van der Waals surface area contributed by atoms with Crippen LogP contribution in [0.4, 0.5) is 0 Å². The zero-order valence-electron chi connectivity index (χ0n) is 14.3. The van der Waals surface area contributed by atoms with Crippen molar-refractivity contribution in [3.05, 3.63) is 90.1 Å². The number of hydrogen-bond acceptors (Lipinski definition) is 0. The first-order valence-corrected chi connectivity index (χ1v) is 9.40. The molecule has 0 nitrogen and oxygen atoms in total. The minimum absolute atomic E-state index is 0.517. The summed E-state index contributed by atoms with van der Waals surface area (Å²) in [6, 6.07) is 9.09. The highest BCUT2D eigenvalue weighted by Crippen LogP contribution is 2.42. The lowest BCUT2D eigenvalue weighted by Crippen LogP contribution is -2.23. The van der Waals surface area contributed by atoms with Gasteiger partial charge < -0.3 is 0 Å². The second-order valence-corrected chi connectivity index (χ2v) is 7.14. The maximum atomic E-state index is 2.55. The fourth-order valence-electron chi connectivity index (χ4n) is 4.42. The van der Waals surface area contributed by atoms with E-state index in [-0.39, 0.29) is 0 Å². The van der Waals surface area contributed by atoms with E-state index < -0.39 is 0 Å². The van der Waals surface area contributed by atoms with Crippen LogP contribution in [0, 0.1) is 17.8 Å². The topological polar surface area (TPSA) is 0 Å². The van der Waals surface area contributed by atoms with Gasteiger partial charge in [0.05, 0.1) is 0 Å². The molecule has 1 aromatic carbocycles. The maximum absolute atomic E-state index is 2.55. The van der Waals surface area contributed by atoms with E-state index in [1.807, 2.05) is 0 Å². The maximum Gasteiger partial charge on any atom is 0.00217 e. The molecule has 0 bridgehead atoms. The third-order valence-electron chi connectivity index (χ3n) is 5.65. The number of benzene rings is 1. The van der Waals surface area contributed by atoms with Crippen LogP contribution in [-0.4, -0.2) is 0 Å². The molecule has 1 aromatic rings. The third-order valence-corrected chi connectivity index (χ3v) is 5.65. The number of aryl methyl sites for hydroxylation is 1. The first-order chi connectivity index (χ1) is 11.9. The van der Waals surface area contributed by atoms with Crippen LogP contribution < -0.4 is 0 Å². The second kappa shape index (κ2) is 7.21. The monoisotopic (exact) mass is 314 g/mol. The van der Waals surface area contributed by atoms with E-state index >= 15 is 0 Å². The summed E-state index contributed by atoms with van der Waals surface area (Å²) >= 11 is 0. The summed E-state index contributed by atoms with van der Waals surface area (Å²) in [5, 5.41) is 0. The smallest absolute Gasteiger partial charge is 0.00217 e. The lowest BCUT2D eigenvalue weighted by Gasteiger charge is -2.34. The number of fused-ring (bicyclic) bond motifs is 2. The van der Waals surface area contributed by atoms with Gasteiger partial charge in [0.1, 0.15) is 0 Å². The van der Waals surface area contributed by atoms with Gasteiger partial charge in [-0.25, -0.2) is 0 Å². The largest absolute Gasteiger partial charge is 0.0839 e. The number of rotatable bonds is 1. The Bertz CT molecular complexity index is 726. The number of allylic oxidation sites excluding steroid dienone is 10. The lowest BCUT2D eigenvalue weighted by molar-refractivity contribution is 0.426. The van der Waals surface area contributed by atoms with Crippen molar-refractivity contribution in [2.45, 2.75) is 32.1 Å². The molecule has 24 heavy (non-hydrogen) atoms. The van der Waals surface area contributed by atoms with Crippen LogP contribution in [0.2, 0.25) is 0 Å². The average molecular weight is 314 g/mol. The van der Waals surface area contributed by atoms with Crippen LogP contribution in [0.15, 0.2) is 78.9 Å². The molecule has 0 amide bonds. The standard InChI is InChI=1S/C24H26/c1-3-11-19-13-7-9-15-21(19)23(17-5-1)24-18-6-2-4-12-20-14-8-10-16-22(20)24/h1,3,5,7-11,13-16,18-19,21,23H,2,4,6,12,17H2. The molecule has 122 valence electrons. The van der Waals surface area contributed by atoms with Crippen LogP contribution in [0.3, 0.4) is 0 Å². The molecule has 0 heteroatoms. The van der Waals surface area contributed by atoms with Gasteiger partial charge in [0, 0.05) is 5.92 Å². The normalized spacial score (nSPS) is 28.8. The van der Waals surface area contributed by atoms with Crippen molar-refractivity contribution in [2.75, 3.05) is 0 Å². The van der Waals surface area contributed by atoms with Gasteiger partial charge in [-0.1, -0.05) is 78.9 Å². The molecule has 4 rings (SSSR count). The molecule has 0 aromatic heterocycles. The van der Waals surface area contributed by atoms with Crippen molar-refractivity contribution in [1.82, 2.24) is 0 Å². The molecular formula is C24H26. The molecule has 3 unspecified atom stereocenters. The van der Waals surface area contributed by atoms with Gasteiger partial charge in [-0.3, -0.25) is 0 Å². The SMILES string of the molecule is C1=CCC(C2=CCCCCc3ccccc32)C2C=CC=CC2C=C1. The van der Waals surface area contributed by atoms with Gasteiger partial charge in [-0.2, -0.15) is 0 Å². The minimum atomic E-state index is 0.517. The number of hydrogen-bond donors (Lipinski definition) is 0. The van der Waals surface area contributed by atoms with Gasteiger partial charge in [0.25, 0.3) is 0 Å². The Morgan fingerprint density at radius 2 is 1.67 bits per heavy atom. The average Bonchev–Trinajstić information content (AvgIpc) is 2.58. The summed E-state index contributed by atoms with van der Waals surface area (Å²) in [6.45, 7) is 0. The van der Waals surface area contributed by atoms with E-state index in [1.165, 1.54) is 36.8 Å². The van der Waals surface area contributed by atoms with E-state index in [2.05, 4.69) is 78.9 Å². The minimum Gasteiger partial charge on any atom is -0.0839 e. The Morgan fingerprint density at radius 3 is 2.62 bits per heavy atom. The van der Waals surface area contributed by atoms with Crippen molar-refractivity contribution in [3.8, 4) is 0 Å². The molecule has 0 fully saturated rings. The van der Waals surface area contributed by atoms with E-state index in [9.17, 15) is 0 Å². The summed E-state index contributed by atoms with van der Waals surface area (Å²) in [6.07, 6.45) is 27.1. The highest BCUT2D eigenvalue weighted by Gasteiger charge is 2.30. The Kier molecular flexibility index (Phi) is 4.64. The molecule has 3 aliphatic carbocycles. The quantitative estimate of drug-likeness (QED) is 0.571. The van der Waals surface area contributed by atoms with Gasteiger partial charge >= 0.3 is 0 Å². The summed E-state index contributed by atoms with van der Waals surface area (Å²) in [7, 11) is 0. The Morgan fingerprint density at radius 1 is 0.833 bits per heavy atom. The molecule has 0 radical (unpaired) electrons. The van der Waals surface area contributed by atoms with Crippen molar-refractivity contribution in [3.63, 3.8) is 0 Å². The van der Waals surface area contributed by atoms with Crippen molar-refractivity contribution >= 4 is 5.57 Å².